The second kappa shape index (κ2) is 8.14. The predicted molar refractivity (Wildman–Crippen MR) is 77.5 cm³/mol. The summed E-state index contributed by atoms with van der Waals surface area (Å²) >= 11 is 6.27. The number of carboxylic acid groups (broad SMARTS) is 1. The number of hydrogen-bond acceptors (Lipinski definition) is 3. The average molecular weight is 357 g/mol. The van der Waals surface area contributed by atoms with Crippen LogP contribution < -0.4 is 10.6 Å². The summed E-state index contributed by atoms with van der Waals surface area (Å²) in [5.41, 5.74) is 0.120. The zero-order chi connectivity index (χ0) is 16.8. The van der Waals surface area contributed by atoms with Crippen LogP contribution in [0.3, 0.4) is 0 Å². The van der Waals surface area contributed by atoms with Gasteiger partial charge in [-0.1, -0.05) is 11.6 Å². The van der Waals surface area contributed by atoms with Crippen molar-refractivity contribution in [2.75, 3.05) is 17.6 Å². The number of hydrogen-bond donors (Lipinski definition) is 3. The normalized spacial score (nSPS) is 11.1. The Balaban J connectivity index is 2.69. The Hall–Kier alpha value is -1.61. The molecular weight excluding hydrogens is 345 g/mol. The zero-order valence-corrected chi connectivity index (χ0v) is 12.6. The van der Waals surface area contributed by atoms with E-state index in [0.717, 1.165) is 0 Å². The van der Waals surface area contributed by atoms with Crippen molar-refractivity contribution in [2.45, 2.75) is 17.5 Å². The number of thioether (sulfide) groups is 1. The lowest BCUT2D eigenvalue weighted by molar-refractivity contribution is -0.136. The molecule has 1 aromatic rings. The van der Waals surface area contributed by atoms with Crippen molar-refractivity contribution >= 4 is 41.1 Å². The lowest BCUT2D eigenvalue weighted by atomic mass is 10.3. The molecule has 0 aliphatic heterocycles. The molecule has 0 spiro atoms. The summed E-state index contributed by atoms with van der Waals surface area (Å²) in [6, 6.07) is 3.37. The Morgan fingerprint density at radius 1 is 1.32 bits per heavy atom. The fourth-order valence-electron chi connectivity index (χ4n) is 1.33. The third-order valence-corrected chi connectivity index (χ3v) is 3.58. The zero-order valence-electron chi connectivity index (χ0n) is 11.0. The summed E-state index contributed by atoms with van der Waals surface area (Å²) in [7, 11) is 0. The summed E-state index contributed by atoms with van der Waals surface area (Å²) < 4.78 is 36.8. The maximum absolute atomic E-state index is 12.3. The molecule has 2 amide bonds. The minimum atomic E-state index is -4.34. The first kappa shape index (κ1) is 18.4. The number of carboxylic acids is 1. The van der Waals surface area contributed by atoms with Crippen LogP contribution in [-0.4, -0.2) is 35.6 Å². The smallest absolute Gasteiger partial charge is 0.398 e. The number of benzene rings is 1. The highest BCUT2D eigenvalue weighted by atomic mass is 35.5. The predicted octanol–water partition coefficient (Wildman–Crippen LogP) is 3.59. The van der Waals surface area contributed by atoms with Crippen LogP contribution in [-0.2, 0) is 4.79 Å². The summed E-state index contributed by atoms with van der Waals surface area (Å²) in [6.45, 7) is -0.104. The first-order chi connectivity index (χ1) is 10.2. The molecule has 122 valence electrons. The summed E-state index contributed by atoms with van der Waals surface area (Å²) in [5, 5.41) is 13.3. The molecule has 0 unspecified atom stereocenters. The van der Waals surface area contributed by atoms with Gasteiger partial charge in [-0.05, 0) is 18.2 Å². The van der Waals surface area contributed by atoms with Crippen molar-refractivity contribution in [2.24, 2.45) is 0 Å². The monoisotopic (exact) mass is 356 g/mol. The fourth-order valence-corrected chi connectivity index (χ4v) is 2.26. The van der Waals surface area contributed by atoms with Crippen molar-refractivity contribution in [3.05, 3.63) is 23.2 Å². The Morgan fingerprint density at radius 2 is 2.00 bits per heavy atom. The molecule has 0 saturated carbocycles. The summed E-state index contributed by atoms with van der Waals surface area (Å²) in [4.78, 5) is 22.1. The molecular formula is C12H12ClF3N2O3S. The quantitative estimate of drug-likeness (QED) is 0.681. The van der Waals surface area contributed by atoms with Crippen LogP contribution in [0.4, 0.5) is 23.7 Å². The highest BCUT2D eigenvalue weighted by Gasteiger charge is 2.27. The van der Waals surface area contributed by atoms with E-state index >= 15 is 0 Å². The van der Waals surface area contributed by atoms with E-state index in [0.29, 0.717) is 11.8 Å². The van der Waals surface area contributed by atoms with E-state index in [2.05, 4.69) is 10.6 Å². The third kappa shape index (κ3) is 7.41. The molecule has 1 rings (SSSR count). The standard InChI is InChI=1S/C12H12ClF3N2O3S/c13-7-1-2-9(22-6-12(14,15)16)8(5-7)18-11(21)17-4-3-10(19)20/h1-2,5H,3-4,6H2,(H,19,20)(H2,17,18,21). The number of halogens is 4. The van der Waals surface area contributed by atoms with Gasteiger partial charge in [0.1, 0.15) is 0 Å². The van der Waals surface area contributed by atoms with Crippen LogP contribution in [0.25, 0.3) is 0 Å². The van der Waals surface area contributed by atoms with Gasteiger partial charge in [0.25, 0.3) is 0 Å². The molecule has 5 nitrogen and oxygen atoms in total. The minimum absolute atomic E-state index is 0.104. The van der Waals surface area contributed by atoms with Gasteiger partial charge in [-0.3, -0.25) is 4.79 Å². The van der Waals surface area contributed by atoms with Crippen LogP contribution in [0.15, 0.2) is 23.1 Å². The molecule has 0 aliphatic rings. The van der Waals surface area contributed by atoms with E-state index in [1.54, 1.807) is 0 Å². The molecule has 0 saturated heterocycles. The van der Waals surface area contributed by atoms with E-state index in [-0.39, 0.29) is 28.6 Å². The molecule has 0 bridgehead atoms. The SMILES string of the molecule is O=C(O)CCNC(=O)Nc1cc(Cl)ccc1SCC(F)(F)F. The van der Waals surface area contributed by atoms with E-state index < -0.39 is 23.9 Å². The molecule has 0 heterocycles. The molecule has 0 aromatic heterocycles. The van der Waals surface area contributed by atoms with Crippen LogP contribution in [0.1, 0.15) is 6.42 Å². The molecule has 1 aromatic carbocycles. The van der Waals surface area contributed by atoms with Crippen LogP contribution in [0.5, 0.6) is 0 Å². The average Bonchev–Trinajstić information content (AvgIpc) is 2.36. The Kier molecular flexibility index (Phi) is 6.82. The second-order valence-electron chi connectivity index (χ2n) is 4.07. The Bertz CT molecular complexity index is 555. The largest absolute Gasteiger partial charge is 0.481 e. The van der Waals surface area contributed by atoms with E-state index in [4.69, 9.17) is 16.7 Å². The summed E-state index contributed by atoms with van der Waals surface area (Å²) in [6.07, 6.45) is -4.61. The Labute approximate surface area is 133 Å². The lowest BCUT2D eigenvalue weighted by Crippen LogP contribution is -2.30. The topological polar surface area (TPSA) is 78.4 Å². The molecule has 0 radical (unpaired) electrons. The second-order valence-corrected chi connectivity index (χ2v) is 5.52. The number of aliphatic carboxylic acids is 1. The number of rotatable bonds is 6. The number of amides is 2. The highest BCUT2D eigenvalue weighted by molar-refractivity contribution is 7.99. The van der Waals surface area contributed by atoms with Crippen LogP contribution >= 0.6 is 23.4 Å². The molecule has 0 atom stereocenters. The highest BCUT2D eigenvalue weighted by Crippen LogP contribution is 2.33. The van der Waals surface area contributed by atoms with Gasteiger partial charge in [-0.2, -0.15) is 13.2 Å². The van der Waals surface area contributed by atoms with Crippen molar-refractivity contribution in [1.29, 1.82) is 0 Å². The van der Waals surface area contributed by atoms with E-state index in [1.807, 2.05) is 0 Å². The van der Waals surface area contributed by atoms with Gasteiger partial charge in [0.05, 0.1) is 17.9 Å². The third-order valence-electron chi connectivity index (χ3n) is 2.21. The fraction of sp³-hybridized carbons (Fsp3) is 0.333. The Morgan fingerprint density at radius 3 is 2.59 bits per heavy atom. The molecule has 10 heteroatoms. The van der Waals surface area contributed by atoms with Crippen molar-refractivity contribution < 1.29 is 27.9 Å². The van der Waals surface area contributed by atoms with Crippen LogP contribution in [0, 0.1) is 0 Å². The van der Waals surface area contributed by atoms with Gasteiger partial charge in [0, 0.05) is 16.5 Å². The number of carbonyl (C=O) groups excluding carboxylic acids is 1. The van der Waals surface area contributed by atoms with Gasteiger partial charge in [0.15, 0.2) is 0 Å². The first-order valence-corrected chi connectivity index (χ1v) is 7.29. The lowest BCUT2D eigenvalue weighted by Gasteiger charge is -2.13. The van der Waals surface area contributed by atoms with Gasteiger partial charge in [-0.25, -0.2) is 4.79 Å². The molecule has 0 fully saturated rings. The van der Waals surface area contributed by atoms with Gasteiger partial charge in [0.2, 0.25) is 0 Å². The van der Waals surface area contributed by atoms with Crippen LogP contribution in [0.2, 0.25) is 5.02 Å². The van der Waals surface area contributed by atoms with Crippen molar-refractivity contribution in [1.82, 2.24) is 5.32 Å². The number of alkyl halides is 3. The first-order valence-electron chi connectivity index (χ1n) is 5.93. The number of carbonyl (C=O) groups is 2. The molecule has 22 heavy (non-hydrogen) atoms. The van der Waals surface area contributed by atoms with Gasteiger partial charge >= 0.3 is 18.2 Å². The summed E-state index contributed by atoms with van der Waals surface area (Å²) in [5.74, 6) is -2.19. The maximum Gasteiger partial charge on any atom is 0.398 e. The van der Waals surface area contributed by atoms with Crippen molar-refractivity contribution in [3.8, 4) is 0 Å². The maximum atomic E-state index is 12.3. The molecule has 0 aliphatic carbocycles. The van der Waals surface area contributed by atoms with Crippen molar-refractivity contribution in [3.63, 3.8) is 0 Å². The number of nitrogens with one attached hydrogen (secondary N) is 2. The minimum Gasteiger partial charge on any atom is -0.481 e. The van der Waals surface area contributed by atoms with E-state index in [1.165, 1.54) is 18.2 Å². The van der Waals surface area contributed by atoms with Gasteiger partial charge < -0.3 is 15.7 Å². The number of urea groups is 1. The van der Waals surface area contributed by atoms with Gasteiger partial charge in [-0.15, -0.1) is 11.8 Å². The molecule has 3 N–H and O–H groups in total. The number of anilines is 1. The van der Waals surface area contributed by atoms with E-state index in [9.17, 15) is 22.8 Å².